The Morgan fingerprint density at radius 2 is 1.53 bits per heavy atom. The first-order valence-corrected chi connectivity index (χ1v) is 30.7. The van der Waals surface area contributed by atoms with Gasteiger partial charge in [0.2, 0.25) is 17.5 Å². The summed E-state index contributed by atoms with van der Waals surface area (Å²) in [5.74, 6) is 0.575. The van der Waals surface area contributed by atoms with E-state index in [-0.39, 0.29) is 42.1 Å². The van der Waals surface area contributed by atoms with E-state index in [2.05, 4.69) is 155 Å². The Labute approximate surface area is 494 Å². The van der Waals surface area contributed by atoms with Crippen LogP contribution in [-0.2, 0) is 31.6 Å². The van der Waals surface area contributed by atoms with Crippen molar-refractivity contribution in [3.63, 3.8) is 0 Å². The molecule has 3 aliphatic rings. The van der Waals surface area contributed by atoms with E-state index in [0.29, 0.717) is 53.4 Å². The van der Waals surface area contributed by atoms with Gasteiger partial charge in [0.25, 0.3) is 0 Å². The van der Waals surface area contributed by atoms with E-state index in [4.69, 9.17) is 37.7 Å². The molecule has 0 atom stereocenters. The number of imidazole rings is 1. The number of hydrogen-bond acceptors (Lipinski definition) is 7. The maximum atomic E-state index is 13.6. The number of allylic oxidation sites excluding steroid dienone is 7. The van der Waals surface area contributed by atoms with E-state index in [1.165, 1.54) is 50.0 Å². The molecule has 81 heavy (non-hydrogen) atoms. The second-order valence-electron chi connectivity index (χ2n) is 22.3. The minimum Gasteiger partial charge on any atom is -0.491 e. The van der Waals surface area contributed by atoms with E-state index in [1.807, 2.05) is 57.5 Å². The average molecular weight is 1150 g/mol. The summed E-state index contributed by atoms with van der Waals surface area (Å²) in [6.45, 7) is 22.3. The molecule has 0 radical (unpaired) electrons. The number of pyridine rings is 1. The van der Waals surface area contributed by atoms with Crippen LogP contribution in [0.2, 0.25) is 10.0 Å². The number of ether oxygens (including phenoxy) is 2. The third kappa shape index (κ3) is 13.3. The molecule has 424 valence electrons. The lowest BCUT2D eigenvalue weighted by Gasteiger charge is -2.27. The Bertz CT molecular complexity index is 3400. The fourth-order valence-electron chi connectivity index (χ4n) is 11.7. The van der Waals surface area contributed by atoms with Gasteiger partial charge in [0.15, 0.2) is 11.4 Å². The minimum absolute atomic E-state index is 0.0320. The van der Waals surface area contributed by atoms with Crippen LogP contribution in [0.4, 0.5) is 17.1 Å². The summed E-state index contributed by atoms with van der Waals surface area (Å²) in [5.41, 5.74) is 14.0. The van der Waals surface area contributed by atoms with Crippen LogP contribution in [0, 0.1) is 0 Å². The molecule has 1 N–H and O–H groups in total. The van der Waals surface area contributed by atoms with Crippen molar-refractivity contribution in [2.24, 2.45) is 0 Å². The smallest absolute Gasteiger partial charge is 0.228 e. The van der Waals surface area contributed by atoms with Crippen molar-refractivity contribution in [2.75, 3.05) is 56.2 Å². The first kappa shape index (κ1) is 59.3. The van der Waals surface area contributed by atoms with Crippen LogP contribution in [0.1, 0.15) is 124 Å². The molecule has 2 aromatic heterocycles. The number of thioether (sulfide) groups is 1. The van der Waals surface area contributed by atoms with Gasteiger partial charge in [-0.15, -0.1) is 0 Å². The zero-order chi connectivity index (χ0) is 57.3. The Kier molecular flexibility index (Phi) is 19.5. The van der Waals surface area contributed by atoms with Gasteiger partial charge in [-0.25, -0.2) is 4.98 Å². The summed E-state index contributed by atoms with van der Waals surface area (Å²) < 4.78 is 16.2. The maximum Gasteiger partial charge on any atom is 0.228 e. The van der Waals surface area contributed by atoms with Crippen molar-refractivity contribution < 1.29 is 23.6 Å². The lowest BCUT2D eigenvalue weighted by molar-refractivity contribution is -0.437. The van der Waals surface area contributed by atoms with Crippen LogP contribution in [0.3, 0.4) is 0 Å². The Hall–Kier alpha value is -6.37. The predicted molar refractivity (Wildman–Crippen MR) is 336 cm³/mol. The number of carbonyl (C=O) groups is 2. The summed E-state index contributed by atoms with van der Waals surface area (Å²) in [5, 5.41) is 3.95. The highest BCUT2D eigenvalue weighted by molar-refractivity contribution is 8.03. The average Bonchev–Trinajstić information content (AvgIpc) is 3.51. The number of amides is 2. The molecular weight excluding hydrogens is 1070 g/mol. The van der Waals surface area contributed by atoms with Crippen molar-refractivity contribution in [1.29, 1.82) is 0 Å². The number of nitrogens with one attached hydrogen (secondary N) is 1. The van der Waals surface area contributed by atoms with Crippen LogP contribution in [0.15, 0.2) is 160 Å². The lowest BCUT2D eigenvalue weighted by atomic mass is 9.81. The number of halogens is 2. The fourth-order valence-corrected chi connectivity index (χ4v) is 13.4. The number of aromatic nitrogens is 2. The number of benzene rings is 4. The van der Waals surface area contributed by atoms with Gasteiger partial charge in [-0.2, -0.15) is 4.58 Å². The molecule has 0 saturated carbocycles. The topological polar surface area (TPSA) is 91.4 Å². The molecule has 4 heterocycles. The van der Waals surface area contributed by atoms with E-state index in [1.54, 1.807) is 12.3 Å². The molecule has 0 unspecified atom stereocenters. The molecule has 13 heteroatoms. The van der Waals surface area contributed by atoms with E-state index in [0.717, 1.165) is 79.9 Å². The Morgan fingerprint density at radius 1 is 0.802 bits per heavy atom. The highest BCUT2D eigenvalue weighted by Crippen LogP contribution is 2.49. The van der Waals surface area contributed by atoms with Gasteiger partial charge in [0.1, 0.15) is 18.9 Å². The highest BCUT2D eigenvalue weighted by Gasteiger charge is 2.44. The van der Waals surface area contributed by atoms with Gasteiger partial charge in [0, 0.05) is 87.8 Å². The molecule has 4 aromatic carbocycles. The normalized spacial score (nSPS) is 16.5. The molecule has 0 saturated heterocycles. The second-order valence-corrected chi connectivity index (χ2v) is 24.3. The van der Waals surface area contributed by atoms with Crippen molar-refractivity contribution >= 4 is 75.2 Å². The number of para-hydroxylation sites is 2. The quantitative estimate of drug-likeness (QED) is 0.0477. The lowest BCUT2D eigenvalue weighted by Crippen LogP contribution is -2.34. The van der Waals surface area contributed by atoms with E-state index < -0.39 is 0 Å². The predicted octanol–water partition coefficient (Wildman–Crippen LogP) is 16.5. The van der Waals surface area contributed by atoms with Gasteiger partial charge in [0.05, 0.1) is 52.9 Å². The molecule has 0 fully saturated rings. The second kappa shape index (κ2) is 26.7. The SMILES string of the molecule is CCCN(CCC)C(=O)Cc1c(-c2ccc(OCCOCCC(=O)Nc3ccc(SC4=C(/C=C/C5=[N+](CCC)c6ccccc6C5(C)C)CCC/C4=C\C=C4/N(CCC)c5ccccc5C4(C)C)cc3)cc2)nc2c(Cl)cc(Cl)cn12. The number of nitrogens with zero attached hydrogens (tertiary/aromatic N) is 5. The molecule has 2 amide bonds. The highest BCUT2D eigenvalue weighted by atomic mass is 35.5. The number of carbonyl (C=O) groups excluding carboxylic acids is 2. The van der Waals surface area contributed by atoms with Crippen LogP contribution in [0.25, 0.3) is 16.9 Å². The van der Waals surface area contributed by atoms with Crippen molar-refractivity contribution in [1.82, 2.24) is 14.3 Å². The molecule has 2 aliphatic heterocycles. The first-order valence-electron chi connectivity index (χ1n) is 29.1. The molecule has 6 aromatic rings. The maximum absolute atomic E-state index is 13.6. The summed E-state index contributed by atoms with van der Waals surface area (Å²) in [7, 11) is 0. The minimum atomic E-state index is -0.122. The number of hydrogen-bond donors (Lipinski definition) is 1. The largest absolute Gasteiger partial charge is 0.491 e. The summed E-state index contributed by atoms with van der Waals surface area (Å²) in [6, 6.07) is 35.3. The van der Waals surface area contributed by atoms with Gasteiger partial charge < -0.3 is 29.0 Å². The molecule has 1 aliphatic carbocycles. The van der Waals surface area contributed by atoms with Crippen LogP contribution >= 0.6 is 35.0 Å². The monoisotopic (exact) mass is 1150 g/mol. The molecule has 0 spiro atoms. The number of rotatable bonds is 24. The van der Waals surface area contributed by atoms with Gasteiger partial charge in [-0.05, 0) is 136 Å². The standard InChI is InChI=1S/C68H78Cl2N6O4S/c1-9-37-73(38-10-2)63(78)45-59-64(72-66-56(70)44-50(69)46-76(59)66)47-24-30-52(31-25-47)80-43-42-79-41-36-62(77)71-51-28-32-53(33-29-51)81-65-48(26-34-60-67(5,6)54-20-13-15-22-57(54)74(60)39-11-3)18-17-19-49(65)27-35-61-68(7,8)55-21-14-16-23-58(55)75(61)40-12-4/h13-16,20-35,44,46H,9-12,17-19,36-43,45H2,1-8H3/p+1. The van der Waals surface area contributed by atoms with Gasteiger partial charge >= 0.3 is 0 Å². The van der Waals surface area contributed by atoms with Gasteiger partial charge in [-0.3, -0.25) is 9.59 Å². The number of fused-ring (bicyclic) bond motifs is 3. The van der Waals surface area contributed by atoms with Crippen LogP contribution < -0.4 is 15.0 Å². The van der Waals surface area contributed by atoms with Crippen molar-refractivity contribution in [3.05, 3.63) is 182 Å². The first-order chi connectivity index (χ1) is 39.2. The van der Waals surface area contributed by atoms with E-state index >= 15 is 0 Å². The Balaban J connectivity index is 0.838. The zero-order valence-electron chi connectivity index (χ0n) is 48.5. The molecule has 9 rings (SSSR count). The number of anilines is 2. The fraction of sp³-hybridized carbons (Fsp3) is 0.382. The molecular formula is C68H79Cl2N6O4S+. The third-order valence-corrected chi connectivity index (χ3v) is 17.4. The third-order valence-electron chi connectivity index (χ3n) is 15.7. The van der Waals surface area contributed by atoms with Crippen molar-refractivity contribution in [3.8, 4) is 17.0 Å². The van der Waals surface area contributed by atoms with Crippen LogP contribution in [-0.4, -0.2) is 82.4 Å². The molecule has 10 nitrogen and oxygen atoms in total. The summed E-state index contributed by atoms with van der Waals surface area (Å²) in [6.07, 6.45) is 18.7. The molecule has 0 bridgehead atoms. The zero-order valence-corrected chi connectivity index (χ0v) is 50.9. The van der Waals surface area contributed by atoms with Gasteiger partial charge in [-0.1, -0.05) is 125 Å². The summed E-state index contributed by atoms with van der Waals surface area (Å²) in [4.78, 5) is 38.5. The van der Waals surface area contributed by atoms with Crippen LogP contribution in [0.5, 0.6) is 5.75 Å². The summed E-state index contributed by atoms with van der Waals surface area (Å²) >= 11 is 14.9. The van der Waals surface area contributed by atoms with Crippen molar-refractivity contribution in [2.45, 2.75) is 129 Å². The Morgan fingerprint density at radius 3 is 2.26 bits per heavy atom. The van der Waals surface area contributed by atoms with E-state index in [9.17, 15) is 9.59 Å².